The van der Waals surface area contributed by atoms with Gasteiger partial charge in [0.15, 0.2) is 5.11 Å². The summed E-state index contributed by atoms with van der Waals surface area (Å²) in [5, 5.41) is 11.4. The van der Waals surface area contributed by atoms with E-state index < -0.39 is 40.5 Å². The molecule has 0 spiro atoms. The average molecular weight is 582 g/mol. The van der Waals surface area contributed by atoms with Gasteiger partial charge in [-0.25, -0.2) is 4.39 Å². The molecule has 1 aliphatic rings. The molecule has 0 saturated carbocycles. The fourth-order valence-electron chi connectivity index (χ4n) is 4.02. The summed E-state index contributed by atoms with van der Waals surface area (Å²) in [5.41, 5.74) is 1.73. The number of anilines is 2. The maximum absolute atomic E-state index is 15.0. The molecule has 1 fully saturated rings. The van der Waals surface area contributed by atoms with Gasteiger partial charge in [-0.1, -0.05) is 0 Å². The van der Waals surface area contributed by atoms with E-state index in [9.17, 15) is 22.8 Å². The number of carbonyl (C=O) groups is 2. The highest BCUT2D eigenvalue weighted by atomic mass is 32.1. The Morgan fingerprint density at radius 2 is 1.75 bits per heavy atom. The van der Waals surface area contributed by atoms with E-state index >= 15 is 4.39 Å². The van der Waals surface area contributed by atoms with Crippen LogP contribution < -0.4 is 20.9 Å². The summed E-state index contributed by atoms with van der Waals surface area (Å²) in [6.07, 6.45) is -4.84. The van der Waals surface area contributed by atoms with Crippen LogP contribution in [0.5, 0.6) is 0 Å². The molecule has 14 heteroatoms. The standard InChI is InChI=1S/C26H27F4N5O4S/c1-25(2)23(37)34(17-4-3-16(15-32)20(13-17)26(28,29)30)24(40)35(25)18-5-6-19(21(27)14-18)22(36)33-8-10-39-12-11-38-9-7-31/h3-6,13-14H,7-12,31H2,1-2H3,(H,33,36). The van der Waals surface area contributed by atoms with Gasteiger partial charge in [0.05, 0.1) is 54.9 Å². The Hall–Kier alpha value is -3.64. The summed E-state index contributed by atoms with van der Waals surface area (Å²) in [6, 6.07) is 7.92. The van der Waals surface area contributed by atoms with Gasteiger partial charge in [-0.15, -0.1) is 0 Å². The van der Waals surface area contributed by atoms with Crippen LogP contribution in [0.1, 0.15) is 35.3 Å². The van der Waals surface area contributed by atoms with E-state index in [2.05, 4.69) is 5.32 Å². The van der Waals surface area contributed by atoms with Crippen LogP contribution in [0.2, 0.25) is 0 Å². The third-order valence-electron chi connectivity index (χ3n) is 5.98. The van der Waals surface area contributed by atoms with E-state index in [-0.39, 0.29) is 35.2 Å². The molecule has 3 rings (SSSR count). The van der Waals surface area contributed by atoms with Crippen LogP contribution in [-0.4, -0.2) is 62.0 Å². The predicted molar refractivity (Wildman–Crippen MR) is 142 cm³/mol. The van der Waals surface area contributed by atoms with Crippen molar-refractivity contribution >= 4 is 40.5 Å². The van der Waals surface area contributed by atoms with Gasteiger partial charge in [-0.3, -0.25) is 14.5 Å². The van der Waals surface area contributed by atoms with Gasteiger partial charge in [0.2, 0.25) is 0 Å². The molecule has 0 aliphatic carbocycles. The summed E-state index contributed by atoms with van der Waals surface area (Å²) in [5.74, 6) is -2.25. The van der Waals surface area contributed by atoms with Crippen molar-refractivity contribution in [1.29, 1.82) is 5.26 Å². The Morgan fingerprint density at radius 1 is 1.10 bits per heavy atom. The predicted octanol–water partition coefficient (Wildman–Crippen LogP) is 3.35. The molecule has 40 heavy (non-hydrogen) atoms. The van der Waals surface area contributed by atoms with Gasteiger partial charge in [-0.2, -0.15) is 18.4 Å². The molecule has 2 amide bonds. The number of nitriles is 1. The third kappa shape index (κ3) is 6.56. The Bertz CT molecular complexity index is 1330. The van der Waals surface area contributed by atoms with Crippen molar-refractivity contribution in [2.75, 3.05) is 49.3 Å². The smallest absolute Gasteiger partial charge is 0.378 e. The zero-order chi connectivity index (χ0) is 29.7. The number of thiocarbonyl (C=S) groups is 1. The van der Waals surface area contributed by atoms with Crippen LogP contribution in [-0.2, 0) is 20.4 Å². The summed E-state index contributed by atoms with van der Waals surface area (Å²) >= 11 is 5.45. The summed E-state index contributed by atoms with van der Waals surface area (Å²) in [4.78, 5) is 28.0. The highest BCUT2D eigenvalue weighted by molar-refractivity contribution is 7.81. The molecular formula is C26H27F4N5O4S. The van der Waals surface area contributed by atoms with Crippen molar-refractivity contribution in [2.45, 2.75) is 25.6 Å². The second kappa shape index (κ2) is 12.7. The minimum atomic E-state index is -4.84. The van der Waals surface area contributed by atoms with E-state index in [1.165, 1.54) is 43.0 Å². The Balaban J connectivity index is 1.77. The van der Waals surface area contributed by atoms with Crippen LogP contribution in [0.15, 0.2) is 36.4 Å². The molecule has 1 saturated heterocycles. The van der Waals surface area contributed by atoms with Crippen LogP contribution in [0.4, 0.5) is 28.9 Å². The number of ether oxygens (including phenoxy) is 2. The lowest BCUT2D eigenvalue weighted by Gasteiger charge is -2.29. The molecule has 1 heterocycles. The van der Waals surface area contributed by atoms with Crippen LogP contribution in [0, 0.1) is 17.1 Å². The zero-order valence-corrected chi connectivity index (χ0v) is 22.5. The first-order valence-electron chi connectivity index (χ1n) is 12.1. The molecule has 2 aromatic rings. The summed E-state index contributed by atoms with van der Waals surface area (Å²) in [7, 11) is 0. The van der Waals surface area contributed by atoms with Gasteiger partial charge in [0.25, 0.3) is 11.8 Å². The Morgan fingerprint density at radius 3 is 2.35 bits per heavy atom. The molecule has 0 unspecified atom stereocenters. The van der Waals surface area contributed by atoms with Crippen LogP contribution in [0.25, 0.3) is 0 Å². The molecule has 9 nitrogen and oxygen atoms in total. The molecule has 1 aliphatic heterocycles. The van der Waals surface area contributed by atoms with Crippen molar-refractivity contribution in [3.05, 3.63) is 58.9 Å². The molecule has 2 aromatic carbocycles. The monoisotopic (exact) mass is 581 g/mol. The number of hydrogen-bond acceptors (Lipinski definition) is 7. The topological polar surface area (TPSA) is 121 Å². The van der Waals surface area contributed by atoms with Crippen molar-refractivity contribution in [2.24, 2.45) is 5.73 Å². The molecular weight excluding hydrogens is 554 g/mol. The first kappa shape index (κ1) is 30.9. The first-order chi connectivity index (χ1) is 18.8. The molecule has 0 radical (unpaired) electrons. The van der Waals surface area contributed by atoms with Crippen molar-refractivity contribution in [3.8, 4) is 6.07 Å². The largest absolute Gasteiger partial charge is 0.417 e. The number of nitrogens with zero attached hydrogens (tertiary/aromatic N) is 3. The number of alkyl halides is 3. The van der Waals surface area contributed by atoms with Gasteiger partial charge in [0, 0.05) is 18.8 Å². The quantitative estimate of drug-likeness (QED) is 0.236. The maximum atomic E-state index is 15.0. The second-order valence-corrected chi connectivity index (χ2v) is 9.46. The number of rotatable bonds is 11. The maximum Gasteiger partial charge on any atom is 0.417 e. The zero-order valence-electron chi connectivity index (χ0n) is 21.7. The highest BCUT2D eigenvalue weighted by Gasteiger charge is 2.51. The Labute approximate surface area is 233 Å². The number of amides is 2. The average Bonchev–Trinajstić information content (AvgIpc) is 3.07. The second-order valence-electron chi connectivity index (χ2n) is 9.09. The van der Waals surface area contributed by atoms with Gasteiger partial charge < -0.3 is 25.4 Å². The molecule has 0 bridgehead atoms. The van der Waals surface area contributed by atoms with E-state index in [0.29, 0.717) is 32.4 Å². The lowest BCUT2D eigenvalue weighted by molar-refractivity contribution is -0.137. The van der Waals surface area contributed by atoms with Crippen molar-refractivity contribution in [1.82, 2.24) is 5.32 Å². The number of nitrogens with one attached hydrogen (secondary N) is 1. The minimum Gasteiger partial charge on any atom is -0.378 e. The fraction of sp³-hybridized carbons (Fsp3) is 0.385. The normalized spacial score (nSPS) is 14.9. The number of halogens is 4. The lowest BCUT2D eigenvalue weighted by Crippen LogP contribution is -2.44. The van der Waals surface area contributed by atoms with E-state index in [1.54, 1.807) is 0 Å². The molecule has 3 N–H and O–H groups in total. The molecule has 214 valence electrons. The van der Waals surface area contributed by atoms with E-state index in [4.69, 9.17) is 32.7 Å². The van der Waals surface area contributed by atoms with Crippen LogP contribution >= 0.6 is 12.2 Å². The molecule has 0 aromatic heterocycles. The van der Waals surface area contributed by atoms with Gasteiger partial charge >= 0.3 is 6.18 Å². The van der Waals surface area contributed by atoms with Gasteiger partial charge in [0.1, 0.15) is 11.4 Å². The fourth-order valence-corrected chi connectivity index (χ4v) is 4.55. The number of hydrogen-bond donors (Lipinski definition) is 2. The first-order valence-corrected chi connectivity index (χ1v) is 12.5. The number of carbonyl (C=O) groups excluding carboxylic acids is 2. The van der Waals surface area contributed by atoms with Crippen LogP contribution in [0.3, 0.4) is 0 Å². The Kier molecular flexibility index (Phi) is 9.80. The third-order valence-corrected chi connectivity index (χ3v) is 6.34. The lowest BCUT2D eigenvalue weighted by atomic mass is 10.0. The van der Waals surface area contributed by atoms with Crippen molar-refractivity contribution in [3.63, 3.8) is 0 Å². The highest BCUT2D eigenvalue weighted by Crippen LogP contribution is 2.39. The van der Waals surface area contributed by atoms with Gasteiger partial charge in [-0.05, 0) is 62.5 Å². The summed E-state index contributed by atoms with van der Waals surface area (Å²) < 4.78 is 66.1. The van der Waals surface area contributed by atoms with E-state index in [0.717, 1.165) is 17.0 Å². The summed E-state index contributed by atoms with van der Waals surface area (Å²) in [6.45, 7) is 4.73. The number of nitrogens with two attached hydrogens (primary N) is 1. The van der Waals surface area contributed by atoms with E-state index in [1.807, 2.05) is 0 Å². The molecule has 0 atom stereocenters. The SMILES string of the molecule is CC1(C)C(=O)N(c2ccc(C#N)c(C(F)(F)F)c2)C(=S)N1c1ccc(C(=O)NCCOCCOCCN)c(F)c1. The van der Waals surface area contributed by atoms with Crippen molar-refractivity contribution < 1.29 is 36.6 Å². The minimum absolute atomic E-state index is 0.116. The number of benzene rings is 2.